The quantitative estimate of drug-likeness (QED) is 0.614. The molecule has 1 aromatic rings. The van der Waals surface area contributed by atoms with Crippen molar-refractivity contribution in [3.8, 4) is 0 Å². The lowest BCUT2D eigenvalue weighted by Crippen LogP contribution is -2.14. The Balaban J connectivity index is 2.79. The zero-order valence-electron chi connectivity index (χ0n) is 10.9. The molecule has 0 bridgehead atoms. The third-order valence-electron chi connectivity index (χ3n) is 2.03. The molecule has 0 spiro atoms. The van der Waals surface area contributed by atoms with E-state index in [-0.39, 0.29) is 5.70 Å². The van der Waals surface area contributed by atoms with Crippen molar-refractivity contribution >= 4 is 28.4 Å². The molecule has 0 atom stereocenters. The second-order valence-electron chi connectivity index (χ2n) is 3.39. The first-order valence-electron chi connectivity index (χ1n) is 5.44. The van der Waals surface area contributed by atoms with Crippen molar-refractivity contribution in [2.45, 2.75) is 13.8 Å². The van der Waals surface area contributed by atoms with E-state index in [9.17, 15) is 9.59 Å². The third kappa shape index (κ3) is 3.95. The second kappa shape index (κ2) is 6.74. The fraction of sp³-hybridized carbons (Fsp3) is 0.364. The van der Waals surface area contributed by atoms with Crippen LogP contribution in [-0.2, 0) is 14.3 Å². The number of nitrogens with zero attached hydrogens (tertiary/aromatic N) is 1. The van der Waals surface area contributed by atoms with Crippen LogP contribution in [0.4, 0.5) is 5.13 Å². The molecule has 0 aliphatic rings. The molecular formula is C11H15N3O4S. The highest BCUT2D eigenvalue weighted by Crippen LogP contribution is 2.23. The number of anilines is 1. The number of hydrogen-bond donors (Lipinski definition) is 2. The van der Waals surface area contributed by atoms with Crippen LogP contribution >= 0.6 is 11.3 Å². The maximum Gasteiger partial charge on any atom is 0.355 e. The summed E-state index contributed by atoms with van der Waals surface area (Å²) in [5.74, 6) is -1.07. The molecule has 0 aliphatic carbocycles. The Morgan fingerprint density at radius 1 is 1.53 bits per heavy atom. The summed E-state index contributed by atoms with van der Waals surface area (Å²) in [5.41, 5.74) is 5.90. The molecule has 0 fully saturated rings. The van der Waals surface area contributed by atoms with Crippen LogP contribution in [0.25, 0.3) is 0 Å². The predicted octanol–water partition coefficient (Wildman–Crippen LogP) is 1.01. The van der Waals surface area contributed by atoms with Gasteiger partial charge in [0.05, 0.1) is 19.4 Å². The fourth-order valence-corrected chi connectivity index (χ4v) is 1.99. The molecule has 0 aliphatic heterocycles. The molecule has 0 unspecified atom stereocenters. The van der Waals surface area contributed by atoms with E-state index in [0.29, 0.717) is 22.3 Å². The Labute approximate surface area is 114 Å². The smallest absolute Gasteiger partial charge is 0.355 e. The summed E-state index contributed by atoms with van der Waals surface area (Å²) in [4.78, 5) is 27.2. The number of thiazole rings is 1. The van der Waals surface area contributed by atoms with Gasteiger partial charge in [-0.1, -0.05) is 11.3 Å². The average Bonchev–Trinajstić information content (AvgIpc) is 2.76. The van der Waals surface area contributed by atoms with E-state index < -0.39 is 11.9 Å². The topological polar surface area (TPSA) is 104 Å². The molecule has 7 nitrogen and oxygen atoms in total. The van der Waals surface area contributed by atoms with Crippen LogP contribution in [0.2, 0.25) is 0 Å². The monoisotopic (exact) mass is 285 g/mol. The van der Waals surface area contributed by atoms with E-state index in [1.54, 1.807) is 13.8 Å². The number of methoxy groups -OCH3 is 1. The van der Waals surface area contributed by atoms with Gasteiger partial charge in [0.1, 0.15) is 10.6 Å². The minimum Gasteiger partial charge on any atom is -0.464 e. The molecule has 104 valence electrons. The number of hydrogen-bond acceptors (Lipinski definition) is 8. The van der Waals surface area contributed by atoms with E-state index in [4.69, 9.17) is 10.5 Å². The van der Waals surface area contributed by atoms with E-state index in [2.05, 4.69) is 15.0 Å². The van der Waals surface area contributed by atoms with Gasteiger partial charge in [-0.15, -0.1) is 0 Å². The minimum absolute atomic E-state index is 0.0898. The number of aromatic nitrogens is 1. The van der Waals surface area contributed by atoms with Crippen LogP contribution in [0.5, 0.6) is 0 Å². The first-order valence-corrected chi connectivity index (χ1v) is 6.26. The van der Waals surface area contributed by atoms with Crippen molar-refractivity contribution in [3.63, 3.8) is 0 Å². The van der Waals surface area contributed by atoms with Gasteiger partial charge in [-0.25, -0.2) is 14.6 Å². The van der Waals surface area contributed by atoms with Crippen LogP contribution in [0, 0.1) is 6.92 Å². The van der Waals surface area contributed by atoms with Crippen molar-refractivity contribution in [1.29, 1.82) is 0 Å². The van der Waals surface area contributed by atoms with Gasteiger partial charge in [-0.05, 0) is 13.8 Å². The molecule has 0 amide bonds. The van der Waals surface area contributed by atoms with Gasteiger partial charge < -0.3 is 20.5 Å². The predicted molar refractivity (Wildman–Crippen MR) is 70.7 cm³/mol. The fourth-order valence-electron chi connectivity index (χ4n) is 1.16. The number of ether oxygens (including phenoxy) is 2. The molecule has 3 N–H and O–H groups in total. The van der Waals surface area contributed by atoms with Crippen molar-refractivity contribution in [2.24, 2.45) is 5.73 Å². The molecular weight excluding hydrogens is 270 g/mol. The molecule has 1 aromatic heterocycles. The highest BCUT2D eigenvalue weighted by Gasteiger charge is 2.16. The summed E-state index contributed by atoms with van der Waals surface area (Å²) in [6, 6.07) is 0. The SMILES string of the molecule is CCOC(=O)c1sc(N/C=C(\N)C(=O)OC)nc1C. The lowest BCUT2D eigenvalue weighted by atomic mass is 10.4. The minimum atomic E-state index is -0.647. The van der Waals surface area contributed by atoms with Crippen LogP contribution in [0.3, 0.4) is 0 Å². The summed E-state index contributed by atoms with van der Waals surface area (Å²) in [6.07, 6.45) is 1.26. The summed E-state index contributed by atoms with van der Waals surface area (Å²) < 4.78 is 9.33. The Hall–Kier alpha value is -2.09. The normalized spacial score (nSPS) is 11.0. The first-order chi connectivity index (χ1) is 8.99. The molecule has 8 heteroatoms. The van der Waals surface area contributed by atoms with Gasteiger partial charge >= 0.3 is 11.9 Å². The number of carbonyl (C=O) groups excluding carboxylic acids is 2. The van der Waals surface area contributed by atoms with Crippen molar-refractivity contribution < 1.29 is 19.1 Å². The first kappa shape index (κ1) is 15.0. The Morgan fingerprint density at radius 3 is 2.79 bits per heavy atom. The molecule has 0 aromatic carbocycles. The number of nitrogens with two attached hydrogens (primary N) is 1. The summed E-state index contributed by atoms with van der Waals surface area (Å²) in [7, 11) is 1.23. The standard InChI is InChI=1S/C11H15N3O4S/c1-4-18-10(16)8-6(2)14-11(19-8)13-5-7(12)9(15)17-3/h5H,4,12H2,1-3H3,(H,13,14)/b7-5-. The van der Waals surface area contributed by atoms with E-state index in [1.165, 1.54) is 13.3 Å². The lowest BCUT2D eigenvalue weighted by molar-refractivity contribution is -0.136. The van der Waals surface area contributed by atoms with Gasteiger partial charge in [-0.3, -0.25) is 0 Å². The molecule has 19 heavy (non-hydrogen) atoms. The van der Waals surface area contributed by atoms with E-state index in [1.807, 2.05) is 0 Å². The maximum absolute atomic E-state index is 11.6. The van der Waals surface area contributed by atoms with Gasteiger partial charge in [0.15, 0.2) is 5.13 Å². The molecule has 0 saturated heterocycles. The Kier molecular flexibility index (Phi) is 5.31. The summed E-state index contributed by atoms with van der Waals surface area (Å²) in [6.45, 7) is 3.72. The van der Waals surface area contributed by atoms with Gasteiger partial charge in [0, 0.05) is 6.20 Å². The van der Waals surface area contributed by atoms with Gasteiger partial charge in [-0.2, -0.15) is 0 Å². The van der Waals surface area contributed by atoms with E-state index >= 15 is 0 Å². The summed E-state index contributed by atoms with van der Waals surface area (Å²) >= 11 is 1.12. The molecule has 1 heterocycles. The van der Waals surface area contributed by atoms with Gasteiger partial charge in [0.25, 0.3) is 0 Å². The number of esters is 2. The molecule has 1 rings (SSSR count). The van der Waals surface area contributed by atoms with Crippen molar-refractivity contribution in [2.75, 3.05) is 19.0 Å². The van der Waals surface area contributed by atoms with Crippen LogP contribution in [0.15, 0.2) is 11.9 Å². The zero-order chi connectivity index (χ0) is 14.4. The van der Waals surface area contributed by atoms with Crippen molar-refractivity contribution in [3.05, 3.63) is 22.5 Å². The number of nitrogens with one attached hydrogen (secondary N) is 1. The lowest BCUT2D eigenvalue weighted by Gasteiger charge is -1.99. The van der Waals surface area contributed by atoms with E-state index in [0.717, 1.165) is 11.3 Å². The third-order valence-corrected chi connectivity index (χ3v) is 3.10. The molecule has 0 radical (unpaired) electrons. The Bertz CT molecular complexity index is 510. The Morgan fingerprint density at radius 2 is 2.21 bits per heavy atom. The number of carbonyl (C=O) groups is 2. The highest BCUT2D eigenvalue weighted by atomic mass is 32.1. The average molecular weight is 285 g/mol. The van der Waals surface area contributed by atoms with Crippen LogP contribution in [-0.4, -0.2) is 30.6 Å². The zero-order valence-corrected chi connectivity index (χ0v) is 11.7. The van der Waals surface area contributed by atoms with Crippen LogP contribution in [0.1, 0.15) is 22.3 Å². The maximum atomic E-state index is 11.6. The second-order valence-corrected chi connectivity index (χ2v) is 4.39. The number of aryl methyl sites for hydroxylation is 1. The van der Waals surface area contributed by atoms with Crippen LogP contribution < -0.4 is 11.1 Å². The van der Waals surface area contributed by atoms with Crippen molar-refractivity contribution in [1.82, 2.24) is 4.98 Å². The van der Waals surface area contributed by atoms with Gasteiger partial charge in [0.2, 0.25) is 0 Å². The molecule has 0 saturated carbocycles. The number of rotatable bonds is 5. The largest absolute Gasteiger partial charge is 0.464 e. The highest BCUT2D eigenvalue weighted by molar-refractivity contribution is 7.17. The summed E-state index contributed by atoms with van der Waals surface area (Å²) in [5, 5.41) is 3.17.